The van der Waals surface area contributed by atoms with Gasteiger partial charge in [0.15, 0.2) is 0 Å². The Morgan fingerprint density at radius 3 is 2.58 bits per heavy atom. The minimum absolute atomic E-state index is 0.149. The molecule has 1 rings (SSSR count). The fourth-order valence-corrected chi connectivity index (χ4v) is 2.36. The molecule has 0 heterocycles. The minimum atomic E-state index is 0.149. The summed E-state index contributed by atoms with van der Waals surface area (Å²) in [5, 5.41) is 0.945. The number of hydrogen-bond donors (Lipinski definition) is 0. The summed E-state index contributed by atoms with van der Waals surface area (Å²) in [5.41, 5.74) is 1.28. The fraction of sp³-hybridized carbons (Fsp3) is 0.300. The summed E-state index contributed by atoms with van der Waals surface area (Å²) >= 11 is 0.149. The molecule has 0 saturated heterocycles. The molecule has 0 atom stereocenters. The Hall–Kier alpha value is -0.591. The zero-order valence-corrected chi connectivity index (χ0v) is 8.83. The zero-order valence-electron chi connectivity index (χ0n) is 7.12. The second-order valence-electron chi connectivity index (χ2n) is 2.50. The zero-order chi connectivity index (χ0) is 8.81. The third-order valence-corrected chi connectivity index (χ3v) is 3.81. The monoisotopic (exact) mass is 228 g/mol. The summed E-state index contributed by atoms with van der Waals surface area (Å²) in [6, 6.07) is 10.2. The van der Waals surface area contributed by atoms with E-state index in [-0.39, 0.29) is 15.0 Å². The molecule has 1 aromatic carbocycles. The van der Waals surface area contributed by atoms with Crippen molar-refractivity contribution >= 4 is 19.6 Å². The van der Waals surface area contributed by atoms with Gasteiger partial charge in [0.1, 0.15) is 0 Å². The van der Waals surface area contributed by atoms with E-state index >= 15 is 0 Å². The van der Waals surface area contributed by atoms with E-state index in [1.165, 1.54) is 5.56 Å². The van der Waals surface area contributed by atoms with Gasteiger partial charge >= 0.3 is 79.0 Å². The molecular weight excluding hydrogens is 215 g/mol. The van der Waals surface area contributed by atoms with E-state index in [4.69, 9.17) is 0 Å². The molecule has 12 heavy (non-hydrogen) atoms. The van der Waals surface area contributed by atoms with Crippen molar-refractivity contribution in [3.8, 4) is 0 Å². The van der Waals surface area contributed by atoms with Crippen LogP contribution in [0.1, 0.15) is 18.9 Å². The summed E-state index contributed by atoms with van der Waals surface area (Å²) in [5.74, 6) is 0. The molecule has 0 unspecified atom stereocenters. The molecule has 0 radical (unpaired) electrons. The normalized spacial score (nSPS) is 9.75. The Kier molecular flexibility index (Phi) is 4.06. The number of benzene rings is 1. The molecule has 0 aliphatic carbocycles. The Balaban J connectivity index is 2.38. The molecule has 1 nitrogen and oxygen atoms in total. The molecule has 0 fully saturated rings. The van der Waals surface area contributed by atoms with Gasteiger partial charge in [-0.1, -0.05) is 0 Å². The van der Waals surface area contributed by atoms with E-state index in [9.17, 15) is 4.79 Å². The van der Waals surface area contributed by atoms with Crippen molar-refractivity contribution in [1.82, 2.24) is 0 Å². The van der Waals surface area contributed by atoms with Gasteiger partial charge in [0.25, 0.3) is 0 Å². The Labute approximate surface area is 79.3 Å². The first-order chi connectivity index (χ1) is 5.83. The third-order valence-electron chi connectivity index (χ3n) is 1.53. The summed E-state index contributed by atoms with van der Waals surface area (Å²) < 4.78 is 0.409. The van der Waals surface area contributed by atoms with Crippen molar-refractivity contribution in [2.24, 2.45) is 0 Å². The first-order valence-electron chi connectivity index (χ1n) is 4.02. The second-order valence-corrected chi connectivity index (χ2v) is 4.67. The Morgan fingerprint density at radius 2 is 2.00 bits per heavy atom. The van der Waals surface area contributed by atoms with Crippen molar-refractivity contribution in [2.75, 3.05) is 0 Å². The molecule has 0 aliphatic heterocycles. The van der Waals surface area contributed by atoms with Crippen molar-refractivity contribution < 1.29 is 4.79 Å². The number of hydrogen-bond acceptors (Lipinski definition) is 1. The second kappa shape index (κ2) is 5.13. The van der Waals surface area contributed by atoms with Gasteiger partial charge in [-0.2, -0.15) is 0 Å². The van der Waals surface area contributed by atoms with Crippen LogP contribution < -0.4 is 0 Å². The van der Waals surface area contributed by atoms with E-state index in [1.54, 1.807) is 0 Å². The van der Waals surface area contributed by atoms with Crippen molar-refractivity contribution in [1.29, 1.82) is 0 Å². The first kappa shape index (κ1) is 9.50. The molecule has 1 aromatic rings. The molecule has 0 N–H and O–H groups in total. The molecule has 0 spiro atoms. The first-order valence-corrected chi connectivity index (χ1v) is 6.09. The van der Waals surface area contributed by atoms with Crippen LogP contribution in [0, 0.1) is 0 Å². The van der Waals surface area contributed by atoms with Gasteiger partial charge in [0.2, 0.25) is 0 Å². The van der Waals surface area contributed by atoms with Crippen LogP contribution in [0.2, 0.25) is 0 Å². The fourth-order valence-electron chi connectivity index (χ4n) is 0.840. The predicted octanol–water partition coefficient (Wildman–Crippen LogP) is 1.83. The van der Waals surface area contributed by atoms with Crippen LogP contribution in [0.4, 0.5) is 0 Å². The molecule has 0 aliphatic rings. The van der Waals surface area contributed by atoms with Crippen molar-refractivity contribution in [2.45, 2.75) is 18.7 Å². The molecule has 0 amide bonds. The van der Waals surface area contributed by atoms with Gasteiger partial charge in [-0.25, -0.2) is 0 Å². The van der Waals surface area contributed by atoms with E-state index < -0.39 is 0 Å². The van der Waals surface area contributed by atoms with Crippen LogP contribution in [0.3, 0.4) is 0 Å². The topological polar surface area (TPSA) is 17.1 Å². The Bertz CT molecular complexity index is 243. The quantitative estimate of drug-likeness (QED) is 0.717. The van der Waals surface area contributed by atoms with Crippen molar-refractivity contribution in [3.63, 3.8) is 0 Å². The average molecular weight is 227 g/mol. The maximum absolute atomic E-state index is 11.0. The molecular formula is C10H12OSe. The summed E-state index contributed by atoms with van der Waals surface area (Å²) in [7, 11) is 0. The van der Waals surface area contributed by atoms with Crippen LogP contribution >= 0.6 is 0 Å². The van der Waals surface area contributed by atoms with E-state index in [1.807, 2.05) is 25.1 Å². The van der Waals surface area contributed by atoms with E-state index in [0.29, 0.717) is 11.1 Å². The summed E-state index contributed by atoms with van der Waals surface area (Å²) in [6.45, 7) is 1.93. The molecule has 64 valence electrons. The number of carbonyl (C=O) groups excluding carboxylic acids is 1. The van der Waals surface area contributed by atoms with Gasteiger partial charge in [-0.05, 0) is 0 Å². The summed E-state index contributed by atoms with van der Waals surface area (Å²) in [6.07, 6.45) is 0.687. The van der Waals surface area contributed by atoms with Crippen molar-refractivity contribution in [3.05, 3.63) is 35.9 Å². The molecule has 2 heteroatoms. The van der Waals surface area contributed by atoms with Gasteiger partial charge < -0.3 is 0 Å². The van der Waals surface area contributed by atoms with Gasteiger partial charge in [-0.3, -0.25) is 0 Å². The van der Waals surface area contributed by atoms with Crippen LogP contribution in [-0.4, -0.2) is 19.6 Å². The average Bonchev–Trinajstić information content (AvgIpc) is 2.16. The van der Waals surface area contributed by atoms with Crippen LogP contribution in [0.5, 0.6) is 0 Å². The van der Waals surface area contributed by atoms with Gasteiger partial charge in [0, 0.05) is 0 Å². The number of rotatable bonds is 4. The molecule has 0 aromatic heterocycles. The van der Waals surface area contributed by atoms with Gasteiger partial charge in [-0.15, -0.1) is 0 Å². The number of carbonyl (C=O) groups is 1. The van der Waals surface area contributed by atoms with E-state index in [2.05, 4.69) is 12.1 Å². The Morgan fingerprint density at radius 1 is 1.33 bits per heavy atom. The van der Waals surface area contributed by atoms with Crippen LogP contribution in [0.15, 0.2) is 30.3 Å². The maximum atomic E-state index is 11.0. The molecule has 0 saturated carbocycles. The van der Waals surface area contributed by atoms with Gasteiger partial charge in [0.05, 0.1) is 0 Å². The van der Waals surface area contributed by atoms with Crippen LogP contribution in [-0.2, 0) is 10.1 Å². The third kappa shape index (κ3) is 3.20. The molecule has 0 bridgehead atoms. The summed E-state index contributed by atoms with van der Waals surface area (Å²) in [4.78, 5) is 11.0. The van der Waals surface area contributed by atoms with Crippen LogP contribution in [0.25, 0.3) is 0 Å². The SMILES string of the molecule is CCC(=O)[Se]Cc1ccccc1. The standard InChI is InChI=1S/C10H12OSe/c1-2-10(11)12-8-9-6-4-3-5-7-9/h3-7H,2,8H2,1H3. The predicted molar refractivity (Wildman–Crippen MR) is 51.2 cm³/mol. The van der Waals surface area contributed by atoms with E-state index in [0.717, 1.165) is 5.32 Å².